The Morgan fingerprint density at radius 3 is 2.41 bits per heavy atom. The highest BCUT2D eigenvalue weighted by Gasteiger charge is 2.27. The number of hydrogen-bond acceptors (Lipinski definition) is 5. The van der Waals surface area contributed by atoms with Crippen molar-refractivity contribution >= 4 is 38.7 Å². The zero-order chi connectivity index (χ0) is 19.0. The van der Waals surface area contributed by atoms with Crippen LogP contribution in [0.3, 0.4) is 0 Å². The van der Waals surface area contributed by atoms with Gasteiger partial charge in [0.05, 0.1) is 9.80 Å². The van der Waals surface area contributed by atoms with E-state index in [-0.39, 0.29) is 16.5 Å². The average Bonchev–Trinajstić information content (AvgIpc) is 3.04. The molecule has 4 rings (SSSR count). The number of para-hydroxylation sites is 2. The predicted octanol–water partition coefficient (Wildman–Crippen LogP) is 4.08. The third-order valence-electron chi connectivity index (χ3n) is 5.02. The molecule has 138 valence electrons. The van der Waals surface area contributed by atoms with Gasteiger partial charge in [0, 0.05) is 36.9 Å². The maximum absolute atomic E-state index is 13.0. The molecule has 1 amide bonds. The first-order valence-electron chi connectivity index (χ1n) is 8.82. The van der Waals surface area contributed by atoms with Gasteiger partial charge < -0.3 is 9.80 Å². The van der Waals surface area contributed by atoms with Crippen LogP contribution in [-0.2, 0) is 0 Å². The molecule has 1 aliphatic heterocycles. The van der Waals surface area contributed by atoms with E-state index in [0.29, 0.717) is 31.9 Å². The summed E-state index contributed by atoms with van der Waals surface area (Å²) in [7, 11) is 0. The molecule has 2 heterocycles. The highest BCUT2D eigenvalue weighted by atomic mass is 32.1. The molecular weight excluding hydrogens is 362 g/mol. The van der Waals surface area contributed by atoms with Crippen LogP contribution in [0, 0.1) is 17.0 Å². The summed E-state index contributed by atoms with van der Waals surface area (Å²) < 4.78 is 1.12. The van der Waals surface area contributed by atoms with Crippen LogP contribution in [0.1, 0.15) is 15.2 Å². The van der Waals surface area contributed by atoms with Crippen LogP contribution in [0.25, 0.3) is 10.1 Å². The molecular formula is C20H19N3O3S. The molecule has 2 aromatic carbocycles. The van der Waals surface area contributed by atoms with Gasteiger partial charge in [-0.25, -0.2) is 0 Å². The molecule has 0 spiro atoms. The maximum Gasteiger partial charge on any atom is 0.292 e. The van der Waals surface area contributed by atoms with E-state index in [4.69, 9.17) is 0 Å². The fourth-order valence-corrected chi connectivity index (χ4v) is 4.74. The van der Waals surface area contributed by atoms with Crippen LogP contribution in [0.4, 0.5) is 11.4 Å². The fraction of sp³-hybridized carbons (Fsp3) is 0.250. The number of fused-ring (bicyclic) bond motifs is 1. The summed E-state index contributed by atoms with van der Waals surface area (Å²) >= 11 is 1.54. The van der Waals surface area contributed by atoms with E-state index in [1.807, 2.05) is 41.0 Å². The number of nitro groups is 1. The number of carbonyl (C=O) groups is 1. The summed E-state index contributed by atoms with van der Waals surface area (Å²) in [5, 5.41) is 12.4. The zero-order valence-electron chi connectivity index (χ0n) is 14.9. The fourth-order valence-electron chi connectivity index (χ4n) is 3.56. The van der Waals surface area contributed by atoms with E-state index in [0.717, 1.165) is 20.5 Å². The molecule has 0 bridgehead atoms. The second-order valence-electron chi connectivity index (χ2n) is 6.58. The minimum Gasteiger partial charge on any atom is -0.362 e. The van der Waals surface area contributed by atoms with Crippen molar-refractivity contribution in [3.8, 4) is 0 Å². The molecule has 0 atom stereocenters. The first-order chi connectivity index (χ1) is 13.1. The molecule has 0 saturated carbocycles. The van der Waals surface area contributed by atoms with E-state index in [1.54, 1.807) is 18.2 Å². The van der Waals surface area contributed by atoms with Gasteiger partial charge in [0.1, 0.15) is 5.69 Å². The Kier molecular flexibility index (Phi) is 4.53. The lowest BCUT2D eigenvalue weighted by molar-refractivity contribution is -0.384. The maximum atomic E-state index is 13.0. The minimum absolute atomic E-state index is 0.0518. The Bertz CT molecular complexity index is 1020. The van der Waals surface area contributed by atoms with Gasteiger partial charge in [0.15, 0.2) is 0 Å². The lowest BCUT2D eigenvalue weighted by atomic mass is 10.1. The van der Waals surface area contributed by atoms with Gasteiger partial charge in [0.2, 0.25) is 0 Å². The van der Waals surface area contributed by atoms with Crippen molar-refractivity contribution in [2.75, 3.05) is 31.1 Å². The third-order valence-corrected chi connectivity index (χ3v) is 6.28. The van der Waals surface area contributed by atoms with Crippen LogP contribution in [0.2, 0.25) is 0 Å². The Morgan fingerprint density at radius 1 is 1.04 bits per heavy atom. The SMILES string of the molecule is Cc1c(C(=O)N2CCN(c3ccccc3[N+](=O)[O-])CC2)sc2ccccc12. The van der Waals surface area contributed by atoms with E-state index < -0.39 is 0 Å². The molecule has 0 unspecified atom stereocenters. The number of hydrogen-bond donors (Lipinski definition) is 0. The number of benzene rings is 2. The summed E-state index contributed by atoms with van der Waals surface area (Å²) in [6.45, 7) is 4.27. The van der Waals surface area contributed by atoms with Crippen molar-refractivity contribution < 1.29 is 9.72 Å². The molecule has 1 aromatic heterocycles. The second-order valence-corrected chi connectivity index (χ2v) is 7.63. The summed E-state index contributed by atoms with van der Waals surface area (Å²) in [5.74, 6) is 0.0518. The first-order valence-corrected chi connectivity index (χ1v) is 9.63. The third kappa shape index (κ3) is 3.14. The average molecular weight is 381 g/mol. The molecule has 1 saturated heterocycles. The number of carbonyl (C=O) groups excluding carboxylic acids is 1. The van der Waals surface area contributed by atoms with Gasteiger partial charge in [-0.3, -0.25) is 14.9 Å². The lowest BCUT2D eigenvalue weighted by Crippen LogP contribution is -2.48. The molecule has 0 N–H and O–H groups in total. The van der Waals surface area contributed by atoms with Crippen molar-refractivity contribution in [1.82, 2.24) is 4.90 Å². The standard InChI is InChI=1S/C20H19N3O3S/c1-14-15-6-2-5-9-18(15)27-19(14)20(24)22-12-10-21(11-13-22)16-7-3-4-8-17(16)23(25)26/h2-9H,10-13H2,1H3. The van der Waals surface area contributed by atoms with Crippen molar-refractivity contribution in [1.29, 1.82) is 0 Å². The summed E-state index contributed by atoms with van der Waals surface area (Å²) in [4.78, 5) is 28.5. The van der Waals surface area contributed by atoms with Crippen LogP contribution in [-0.4, -0.2) is 41.9 Å². The topological polar surface area (TPSA) is 66.7 Å². The van der Waals surface area contributed by atoms with Gasteiger partial charge in [-0.1, -0.05) is 30.3 Å². The minimum atomic E-state index is -0.354. The number of anilines is 1. The number of aryl methyl sites for hydroxylation is 1. The number of rotatable bonds is 3. The number of nitro benzene ring substituents is 1. The van der Waals surface area contributed by atoms with Crippen molar-refractivity contribution in [3.63, 3.8) is 0 Å². The Hall–Kier alpha value is -2.93. The molecule has 1 aliphatic rings. The van der Waals surface area contributed by atoms with Crippen LogP contribution in [0.15, 0.2) is 48.5 Å². The predicted molar refractivity (Wildman–Crippen MR) is 108 cm³/mol. The van der Waals surface area contributed by atoms with Gasteiger partial charge in [-0.05, 0) is 30.0 Å². The summed E-state index contributed by atoms with van der Waals surface area (Å²) in [6.07, 6.45) is 0. The zero-order valence-corrected chi connectivity index (χ0v) is 15.7. The number of nitrogens with zero attached hydrogens (tertiary/aromatic N) is 3. The molecule has 0 aliphatic carbocycles. The van der Waals surface area contributed by atoms with E-state index in [1.165, 1.54) is 17.4 Å². The summed E-state index contributed by atoms with van der Waals surface area (Å²) in [6, 6.07) is 14.8. The van der Waals surface area contributed by atoms with Crippen LogP contribution < -0.4 is 4.90 Å². The van der Waals surface area contributed by atoms with Crippen LogP contribution >= 0.6 is 11.3 Å². The first kappa shape index (κ1) is 17.5. The number of amides is 1. The molecule has 7 heteroatoms. The lowest BCUT2D eigenvalue weighted by Gasteiger charge is -2.35. The number of thiophene rings is 1. The normalized spacial score (nSPS) is 14.6. The molecule has 1 fully saturated rings. The van der Waals surface area contributed by atoms with Gasteiger partial charge in [-0.2, -0.15) is 0 Å². The van der Waals surface area contributed by atoms with E-state index in [9.17, 15) is 14.9 Å². The smallest absolute Gasteiger partial charge is 0.292 e. The molecule has 3 aromatic rings. The molecule has 6 nitrogen and oxygen atoms in total. The second kappa shape index (κ2) is 7.00. The van der Waals surface area contributed by atoms with Crippen LogP contribution in [0.5, 0.6) is 0 Å². The van der Waals surface area contributed by atoms with Gasteiger partial charge >= 0.3 is 0 Å². The largest absolute Gasteiger partial charge is 0.362 e. The van der Waals surface area contributed by atoms with Crippen molar-refractivity contribution in [2.45, 2.75) is 6.92 Å². The number of piperazine rings is 1. The van der Waals surface area contributed by atoms with Gasteiger partial charge in [-0.15, -0.1) is 11.3 Å². The Labute approximate surface area is 160 Å². The Balaban J connectivity index is 1.51. The highest BCUT2D eigenvalue weighted by Crippen LogP contribution is 2.32. The Morgan fingerprint density at radius 2 is 1.70 bits per heavy atom. The van der Waals surface area contributed by atoms with E-state index in [2.05, 4.69) is 0 Å². The van der Waals surface area contributed by atoms with Crippen molar-refractivity contribution in [3.05, 3.63) is 69.1 Å². The summed E-state index contributed by atoms with van der Waals surface area (Å²) in [5.41, 5.74) is 1.76. The van der Waals surface area contributed by atoms with Crippen molar-refractivity contribution in [2.24, 2.45) is 0 Å². The quantitative estimate of drug-likeness (QED) is 0.506. The molecule has 0 radical (unpaired) electrons. The molecule has 27 heavy (non-hydrogen) atoms. The monoisotopic (exact) mass is 381 g/mol. The van der Waals surface area contributed by atoms with Gasteiger partial charge in [0.25, 0.3) is 11.6 Å². The van der Waals surface area contributed by atoms with E-state index >= 15 is 0 Å². The highest BCUT2D eigenvalue weighted by molar-refractivity contribution is 7.21.